The van der Waals surface area contributed by atoms with E-state index in [2.05, 4.69) is 51.4 Å². The molecule has 1 aromatic carbocycles. The molecular formula is C22H34N6O2. The SMILES string of the molecule is CN=C(NCc1ccc(OCCCN(C)C)cc1)N1CCOC(c2cnn(C)c2)C1. The lowest BCUT2D eigenvalue weighted by molar-refractivity contribution is -0.00805. The molecule has 1 aromatic heterocycles. The lowest BCUT2D eigenvalue weighted by Gasteiger charge is -2.34. The number of guanidine groups is 1. The van der Waals surface area contributed by atoms with Crippen LogP contribution < -0.4 is 10.1 Å². The van der Waals surface area contributed by atoms with Crippen molar-refractivity contribution >= 4 is 5.96 Å². The summed E-state index contributed by atoms with van der Waals surface area (Å²) in [7, 11) is 7.89. The number of rotatable bonds is 8. The fourth-order valence-corrected chi connectivity index (χ4v) is 3.44. The summed E-state index contributed by atoms with van der Waals surface area (Å²) in [5, 5.41) is 7.73. The van der Waals surface area contributed by atoms with Gasteiger partial charge in [-0.2, -0.15) is 5.10 Å². The highest BCUT2D eigenvalue weighted by molar-refractivity contribution is 5.80. The lowest BCUT2D eigenvalue weighted by Crippen LogP contribution is -2.47. The van der Waals surface area contributed by atoms with Crippen molar-refractivity contribution in [3.63, 3.8) is 0 Å². The standard InChI is InChI=1S/C22H34N6O2/c1-23-22(28-11-13-30-21(17-28)19-15-25-27(4)16-19)24-14-18-6-8-20(9-7-18)29-12-5-10-26(2)3/h6-9,15-16,21H,5,10-14,17H2,1-4H3,(H,23,24). The number of hydrogen-bond donors (Lipinski definition) is 1. The van der Waals surface area contributed by atoms with E-state index in [4.69, 9.17) is 9.47 Å². The number of nitrogens with one attached hydrogen (secondary N) is 1. The van der Waals surface area contributed by atoms with Gasteiger partial charge in [-0.05, 0) is 38.2 Å². The van der Waals surface area contributed by atoms with Crippen LogP contribution in [-0.2, 0) is 18.3 Å². The number of hydrogen-bond acceptors (Lipinski definition) is 5. The fraction of sp³-hybridized carbons (Fsp3) is 0.545. The summed E-state index contributed by atoms with van der Waals surface area (Å²) in [6.07, 6.45) is 4.91. The first kappa shape index (κ1) is 22.1. The third-order valence-electron chi connectivity index (χ3n) is 5.07. The summed E-state index contributed by atoms with van der Waals surface area (Å²) in [4.78, 5) is 8.87. The minimum absolute atomic E-state index is 0.00919. The Morgan fingerprint density at radius 2 is 2.13 bits per heavy atom. The maximum Gasteiger partial charge on any atom is 0.194 e. The van der Waals surface area contributed by atoms with Crippen LogP contribution in [0.15, 0.2) is 41.7 Å². The van der Waals surface area contributed by atoms with Gasteiger partial charge in [-0.1, -0.05) is 12.1 Å². The van der Waals surface area contributed by atoms with Crippen LogP contribution in [0.4, 0.5) is 0 Å². The smallest absolute Gasteiger partial charge is 0.194 e. The van der Waals surface area contributed by atoms with Crippen molar-refractivity contribution in [3.8, 4) is 5.75 Å². The second-order valence-corrected chi connectivity index (χ2v) is 7.80. The van der Waals surface area contributed by atoms with E-state index in [1.807, 2.05) is 38.6 Å². The van der Waals surface area contributed by atoms with Gasteiger partial charge in [0.1, 0.15) is 11.9 Å². The van der Waals surface area contributed by atoms with Gasteiger partial charge in [-0.25, -0.2) is 0 Å². The zero-order valence-electron chi connectivity index (χ0n) is 18.5. The number of aliphatic imine (C=N–C) groups is 1. The van der Waals surface area contributed by atoms with E-state index >= 15 is 0 Å². The van der Waals surface area contributed by atoms with Gasteiger partial charge in [-0.3, -0.25) is 9.67 Å². The van der Waals surface area contributed by atoms with Crippen LogP contribution >= 0.6 is 0 Å². The number of morpholine rings is 1. The summed E-state index contributed by atoms with van der Waals surface area (Å²) in [6, 6.07) is 8.25. The fourth-order valence-electron chi connectivity index (χ4n) is 3.44. The summed E-state index contributed by atoms with van der Waals surface area (Å²) in [6.45, 7) is 4.71. The van der Waals surface area contributed by atoms with Crippen molar-refractivity contribution in [2.45, 2.75) is 19.1 Å². The van der Waals surface area contributed by atoms with Gasteiger partial charge in [0.05, 0.1) is 26.0 Å². The Bertz CT molecular complexity index is 802. The zero-order valence-corrected chi connectivity index (χ0v) is 18.5. The van der Waals surface area contributed by atoms with Crippen molar-refractivity contribution < 1.29 is 9.47 Å². The Hall–Kier alpha value is -2.58. The molecule has 30 heavy (non-hydrogen) atoms. The van der Waals surface area contributed by atoms with Crippen LogP contribution in [-0.4, -0.2) is 79.5 Å². The van der Waals surface area contributed by atoms with E-state index in [-0.39, 0.29) is 6.10 Å². The Labute approximate surface area is 179 Å². The lowest BCUT2D eigenvalue weighted by atomic mass is 10.1. The molecule has 0 radical (unpaired) electrons. The number of nitrogens with zero attached hydrogens (tertiary/aromatic N) is 5. The van der Waals surface area contributed by atoms with E-state index < -0.39 is 0 Å². The molecular weight excluding hydrogens is 380 g/mol. The van der Waals surface area contributed by atoms with E-state index in [1.54, 1.807) is 4.68 Å². The largest absolute Gasteiger partial charge is 0.494 e. The number of aromatic nitrogens is 2. The third-order valence-corrected chi connectivity index (χ3v) is 5.07. The molecule has 0 aliphatic carbocycles. The normalized spacial score (nSPS) is 17.4. The third kappa shape index (κ3) is 6.47. The van der Waals surface area contributed by atoms with E-state index in [1.165, 1.54) is 5.56 Å². The molecule has 164 valence electrons. The minimum atomic E-state index is 0.00919. The molecule has 1 unspecified atom stereocenters. The summed E-state index contributed by atoms with van der Waals surface area (Å²) >= 11 is 0. The molecule has 8 nitrogen and oxygen atoms in total. The second-order valence-electron chi connectivity index (χ2n) is 7.80. The zero-order chi connectivity index (χ0) is 21.3. The van der Waals surface area contributed by atoms with Crippen molar-refractivity contribution in [3.05, 3.63) is 47.8 Å². The van der Waals surface area contributed by atoms with Gasteiger partial charge >= 0.3 is 0 Å². The molecule has 1 saturated heterocycles. The molecule has 1 atom stereocenters. The second kappa shape index (κ2) is 11.0. The topological polar surface area (TPSA) is 67.2 Å². The van der Waals surface area contributed by atoms with Gasteiger partial charge in [0, 0.05) is 45.5 Å². The van der Waals surface area contributed by atoms with Crippen molar-refractivity contribution in [1.82, 2.24) is 24.9 Å². The first-order chi connectivity index (χ1) is 14.5. The predicted molar refractivity (Wildman–Crippen MR) is 119 cm³/mol. The maximum atomic E-state index is 5.94. The van der Waals surface area contributed by atoms with Crippen LogP contribution in [0.3, 0.4) is 0 Å². The molecule has 0 spiro atoms. The molecule has 1 fully saturated rings. The first-order valence-corrected chi connectivity index (χ1v) is 10.5. The van der Waals surface area contributed by atoms with E-state index in [9.17, 15) is 0 Å². The van der Waals surface area contributed by atoms with E-state index in [0.717, 1.165) is 49.9 Å². The minimum Gasteiger partial charge on any atom is -0.494 e. The van der Waals surface area contributed by atoms with Gasteiger partial charge in [0.25, 0.3) is 0 Å². The molecule has 1 aliphatic heterocycles. The van der Waals surface area contributed by atoms with E-state index in [0.29, 0.717) is 13.2 Å². The van der Waals surface area contributed by atoms with Gasteiger partial charge < -0.3 is 24.6 Å². The summed E-state index contributed by atoms with van der Waals surface area (Å²) in [5.41, 5.74) is 2.28. The monoisotopic (exact) mass is 414 g/mol. The molecule has 1 aliphatic rings. The van der Waals surface area contributed by atoms with Crippen molar-refractivity contribution in [2.24, 2.45) is 12.0 Å². The summed E-state index contributed by atoms with van der Waals surface area (Å²) in [5.74, 6) is 1.80. The summed E-state index contributed by atoms with van der Waals surface area (Å²) < 4.78 is 13.6. The molecule has 8 heteroatoms. The molecule has 1 N–H and O–H groups in total. The van der Waals surface area contributed by atoms with Crippen LogP contribution in [0, 0.1) is 0 Å². The Kier molecular flexibility index (Phi) is 8.10. The molecule has 0 bridgehead atoms. The average molecular weight is 415 g/mol. The first-order valence-electron chi connectivity index (χ1n) is 10.5. The van der Waals surface area contributed by atoms with Gasteiger partial charge in [-0.15, -0.1) is 0 Å². The van der Waals surface area contributed by atoms with Gasteiger partial charge in [0.2, 0.25) is 0 Å². The van der Waals surface area contributed by atoms with Crippen molar-refractivity contribution in [1.29, 1.82) is 0 Å². The average Bonchev–Trinajstić information content (AvgIpc) is 3.19. The van der Waals surface area contributed by atoms with Crippen LogP contribution in [0.25, 0.3) is 0 Å². The Morgan fingerprint density at radius 3 is 2.80 bits per heavy atom. The van der Waals surface area contributed by atoms with Gasteiger partial charge in [0.15, 0.2) is 5.96 Å². The highest BCUT2D eigenvalue weighted by Crippen LogP contribution is 2.21. The van der Waals surface area contributed by atoms with Crippen LogP contribution in [0.5, 0.6) is 5.75 Å². The quantitative estimate of drug-likeness (QED) is 0.404. The molecule has 0 saturated carbocycles. The molecule has 2 aromatic rings. The molecule has 0 amide bonds. The maximum absolute atomic E-state index is 5.94. The number of ether oxygens (including phenoxy) is 2. The predicted octanol–water partition coefficient (Wildman–Crippen LogP) is 1.90. The van der Waals surface area contributed by atoms with Crippen LogP contribution in [0.2, 0.25) is 0 Å². The Balaban J connectivity index is 1.47. The number of benzene rings is 1. The molecule has 2 heterocycles. The van der Waals surface area contributed by atoms with Crippen LogP contribution in [0.1, 0.15) is 23.7 Å². The van der Waals surface area contributed by atoms with Crippen molar-refractivity contribution in [2.75, 3.05) is 54.0 Å². The number of aryl methyl sites for hydroxylation is 1. The molecule has 3 rings (SSSR count). The Morgan fingerprint density at radius 1 is 1.33 bits per heavy atom. The highest BCUT2D eigenvalue weighted by atomic mass is 16.5. The highest BCUT2D eigenvalue weighted by Gasteiger charge is 2.25.